The van der Waals surface area contributed by atoms with Crippen LogP contribution in [0.3, 0.4) is 0 Å². The molecular formula is C25H53NO3. The van der Waals surface area contributed by atoms with Gasteiger partial charge in [0.1, 0.15) is 6.61 Å². The third kappa shape index (κ3) is 17.9. The SMILES string of the molecule is CC.CC.CC.CC.COCC#CCCCN1CCC(OC2CC(OC)C2)CC1. The van der Waals surface area contributed by atoms with Crippen LogP contribution in [0, 0.1) is 11.8 Å². The number of ether oxygens (including phenoxy) is 3. The van der Waals surface area contributed by atoms with Crippen LogP contribution in [0.1, 0.15) is 93.9 Å². The molecule has 0 aromatic rings. The number of piperidine rings is 1. The van der Waals surface area contributed by atoms with Crippen molar-refractivity contribution < 1.29 is 14.2 Å². The van der Waals surface area contributed by atoms with Gasteiger partial charge in [-0.05, 0) is 38.6 Å². The van der Waals surface area contributed by atoms with E-state index in [0.717, 1.165) is 45.3 Å². The van der Waals surface area contributed by atoms with Gasteiger partial charge in [0.2, 0.25) is 0 Å². The molecule has 0 atom stereocenters. The molecule has 0 unspecified atom stereocenters. The second kappa shape index (κ2) is 27.4. The lowest BCUT2D eigenvalue weighted by atomic mass is 9.91. The number of likely N-dealkylation sites (tertiary alicyclic amines) is 1. The monoisotopic (exact) mass is 415 g/mol. The zero-order valence-electron chi connectivity index (χ0n) is 21.5. The molecule has 1 saturated carbocycles. The maximum atomic E-state index is 6.13. The minimum Gasteiger partial charge on any atom is -0.381 e. The Hall–Kier alpha value is -0.600. The summed E-state index contributed by atoms with van der Waals surface area (Å²) < 4.78 is 16.3. The van der Waals surface area contributed by atoms with Gasteiger partial charge in [0.15, 0.2) is 0 Å². The smallest absolute Gasteiger partial charge is 0.107 e. The lowest BCUT2D eigenvalue weighted by molar-refractivity contribution is -0.126. The van der Waals surface area contributed by atoms with E-state index in [4.69, 9.17) is 14.2 Å². The van der Waals surface area contributed by atoms with Gasteiger partial charge in [-0.15, -0.1) is 5.92 Å². The van der Waals surface area contributed by atoms with E-state index in [1.165, 1.54) is 12.8 Å². The predicted octanol–water partition coefficient (Wildman–Crippen LogP) is 6.18. The third-order valence-electron chi connectivity index (χ3n) is 4.42. The van der Waals surface area contributed by atoms with Crippen molar-refractivity contribution in [3.63, 3.8) is 0 Å². The molecule has 1 aliphatic carbocycles. The van der Waals surface area contributed by atoms with Gasteiger partial charge < -0.3 is 19.1 Å². The Balaban J connectivity index is -0.000000754. The van der Waals surface area contributed by atoms with Crippen molar-refractivity contribution in [1.82, 2.24) is 4.90 Å². The van der Waals surface area contributed by atoms with E-state index in [-0.39, 0.29) is 0 Å². The van der Waals surface area contributed by atoms with Crippen LogP contribution in [0.5, 0.6) is 0 Å². The van der Waals surface area contributed by atoms with Gasteiger partial charge in [0.25, 0.3) is 0 Å². The number of rotatable bonds is 7. The summed E-state index contributed by atoms with van der Waals surface area (Å²) >= 11 is 0. The summed E-state index contributed by atoms with van der Waals surface area (Å²) in [5.41, 5.74) is 0. The minimum atomic E-state index is 0.439. The maximum Gasteiger partial charge on any atom is 0.107 e. The van der Waals surface area contributed by atoms with Gasteiger partial charge in [0.05, 0.1) is 18.3 Å². The zero-order chi connectivity index (χ0) is 22.9. The highest BCUT2D eigenvalue weighted by Gasteiger charge is 2.32. The lowest BCUT2D eigenvalue weighted by Gasteiger charge is -2.39. The normalized spacial score (nSPS) is 20.3. The van der Waals surface area contributed by atoms with Crippen molar-refractivity contribution in [2.24, 2.45) is 0 Å². The largest absolute Gasteiger partial charge is 0.381 e. The van der Waals surface area contributed by atoms with E-state index in [1.54, 1.807) is 14.2 Å². The van der Waals surface area contributed by atoms with E-state index in [0.29, 0.717) is 24.9 Å². The van der Waals surface area contributed by atoms with Crippen molar-refractivity contribution in [2.45, 2.75) is 112 Å². The number of unbranched alkanes of at least 4 members (excludes halogenated alkanes) is 1. The quantitative estimate of drug-likeness (QED) is 0.367. The molecular weight excluding hydrogens is 362 g/mol. The van der Waals surface area contributed by atoms with Crippen molar-refractivity contribution in [3.05, 3.63) is 0 Å². The number of hydrogen-bond donors (Lipinski definition) is 0. The average molecular weight is 416 g/mol. The van der Waals surface area contributed by atoms with Gasteiger partial charge in [-0.25, -0.2) is 0 Å². The Morgan fingerprint density at radius 2 is 1.31 bits per heavy atom. The van der Waals surface area contributed by atoms with Crippen LogP contribution in [0.25, 0.3) is 0 Å². The van der Waals surface area contributed by atoms with E-state index < -0.39 is 0 Å². The lowest BCUT2D eigenvalue weighted by Crippen LogP contribution is -2.43. The van der Waals surface area contributed by atoms with E-state index in [2.05, 4.69) is 16.7 Å². The van der Waals surface area contributed by atoms with Crippen LogP contribution >= 0.6 is 0 Å². The first-order valence-electron chi connectivity index (χ1n) is 12.2. The van der Waals surface area contributed by atoms with Crippen LogP contribution in [0.15, 0.2) is 0 Å². The Labute approximate surface area is 184 Å². The standard InChI is InChI=1S/C17H29NO3.4C2H6/c1-19-12-6-4-3-5-9-18-10-7-15(8-11-18)21-17-13-16(14-17)20-2;4*1-2/h15-17H,3,5,7-14H2,1-2H3;4*1-2H3. The average Bonchev–Trinajstić information content (AvgIpc) is 2.79. The second-order valence-electron chi connectivity index (χ2n) is 6.02. The van der Waals surface area contributed by atoms with Gasteiger partial charge in [0, 0.05) is 33.7 Å². The highest BCUT2D eigenvalue weighted by atomic mass is 16.5. The first-order valence-corrected chi connectivity index (χ1v) is 12.2. The molecule has 4 nitrogen and oxygen atoms in total. The van der Waals surface area contributed by atoms with Gasteiger partial charge in [-0.2, -0.15) is 0 Å². The van der Waals surface area contributed by atoms with E-state index in [9.17, 15) is 0 Å². The van der Waals surface area contributed by atoms with Gasteiger partial charge >= 0.3 is 0 Å². The molecule has 2 fully saturated rings. The summed E-state index contributed by atoms with van der Waals surface area (Å²) in [6.45, 7) is 20.0. The molecule has 4 heteroatoms. The number of nitrogens with zero attached hydrogens (tertiary/aromatic N) is 1. The first kappa shape index (κ1) is 33.0. The molecule has 0 spiro atoms. The Bertz CT molecular complexity index is 338. The Morgan fingerprint density at radius 3 is 1.79 bits per heavy atom. The summed E-state index contributed by atoms with van der Waals surface area (Å²) in [5, 5.41) is 0. The molecule has 1 saturated heterocycles. The number of methoxy groups -OCH3 is 2. The fourth-order valence-electron chi connectivity index (χ4n) is 2.96. The van der Waals surface area contributed by atoms with Crippen molar-refractivity contribution in [1.29, 1.82) is 0 Å². The molecule has 176 valence electrons. The first-order chi connectivity index (χ1) is 14.3. The fourth-order valence-corrected chi connectivity index (χ4v) is 2.96. The molecule has 1 heterocycles. The van der Waals surface area contributed by atoms with Crippen LogP contribution in [0.2, 0.25) is 0 Å². The zero-order valence-corrected chi connectivity index (χ0v) is 21.5. The van der Waals surface area contributed by atoms with Crippen LogP contribution in [0.4, 0.5) is 0 Å². The van der Waals surface area contributed by atoms with Crippen molar-refractivity contribution in [2.75, 3.05) is 40.5 Å². The predicted molar refractivity (Wildman–Crippen MR) is 129 cm³/mol. The highest BCUT2D eigenvalue weighted by Crippen LogP contribution is 2.29. The molecule has 2 rings (SSSR count). The summed E-state index contributed by atoms with van der Waals surface area (Å²) in [5.74, 6) is 6.15. The second-order valence-corrected chi connectivity index (χ2v) is 6.02. The molecule has 0 aromatic heterocycles. The Morgan fingerprint density at radius 1 is 0.759 bits per heavy atom. The van der Waals surface area contributed by atoms with Crippen LogP contribution in [-0.4, -0.2) is 63.7 Å². The minimum absolute atomic E-state index is 0.439. The molecule has 2 aliphatic rings. The molecule has 0 N–H and O–H groups in total. The summed E-state index contributed by atoms with van der Waals surface area (Å²) in [7, 11) is 3.47. The van der Waals surface area contributed by atoms with Crippen molar-refractivity contribution in [3.8, 4) is 11.8 Å². The maximum absolute atomic E-state index is 6.13. The Kier molecular flexibility index (Phi) is 31.2. The molecule has 0 bridgehead atoms. The molecule has 1 aliphatic heterocycles. The highest BCUT2D eigenvalue weighted by molar-refractivity contribution is 4.98. The topological polar surface area (TPSA) is 30.9 Å². The van der Waals surface area contributed by atoms with Crippen LogP contribution in [-0.2, 0) is 14.2 Å². The van der Waals surface area contributed by atoms with E-state index >= 15 is 0 Å². The van der Waals surface area contributed by atoms with E-state index in [1.807, 2.05) is 55.4 Å². The van der Waals surface area contributed by atoms with Crippen LogP contribution < -0.4 is 0 Å². The summed E-state index contributed by atoms with van der Waals surface area (Å²) in [6, 6.07) is 0. The molecule has 0 radical (unpaired) electrons. The fraction of sp³-hybridized carbons (Fsp3) is 0.920. The number of hydrogen-bond acceptors (Lipinski definition) is 4. The molecule has 0 aromatic carbocycles. The molecule has 29 heavy (non-hydrogen) atoms. The van der Waals surface area contributed by atoms with Crippen molar-refractivity contribution >= 4 is 0 Å². The third-order valence-corrected chi connectivity index (χ3v) is 4.42. The molecule has 0 amide bonds. The summed E-state index contributed by atoms with van der Waals surface area (Å²) in [4.78, 5) is 2.54. The summed E-state index contributed by atoms with van der Waals surface area (Å²) in [6.07, 6.45) is 7.98. The van der Waals surface area contributed by atoms with Gasteiger partial charge in [-0.3, -0.25) is 0 Å². The van der Waals surface area contributed by atoms with Gasteiger partial charge in [-0.1, -0.05) is 61.3 Å².